The predicted octanol–water partition coefficient (Wildman–Crippen LogP) is 6.08. The van der Waals surface area contributed by atoms with E-state index in [0.29, 0.717) is 0 Å². The van der Waals surface area contributed by atoms with E-state index in [1.54, 1.807) is 22.7 Å². The van der Waals surface area contributed by atoms with Gasteiger partial charge in [0.15, 0.2) is 0 Å². The van der Waals surface area contributed by atoms with E-state index >= 15 is 0 Å². The Morgan fingerprint density at radius 2 is 1.65 bits per heavy atom. The summed E-state index contributed by atoms with van der Waals surface area (Å²) in [5.74, 6) is 0. The zero-order valence-electron chi connectivity index (χ0n) is 11.0. The van der Waals surface area contributed by atoms with Crippen molar-refractivity contribution in [2.45, 2.75) is 13.0 Å². The molecule has 0 bridgehead atoms. The van der Waals surface area contributed by atoms with Crippen LogP contribution in [-0.4, -0.2) is 0 Å². The normalized spacial score (nSPS) is 10.9. The molecule has 0 saturated carbocycles. The minimum Gasteiger partial charge on any atom is -0.373 e. The van der Waals surface area contributed by atoms with E-state index in [2.05, 4.69) is 81.4 Å². The second-order valence-corrected chi connectivity index (χ2v) is 7.50. The summed E-state index contributed by atoms with van der Waals surface area (Å²) in [6, 6.07) is 15.2. The summed E-state index contributed by atoms with van der Waals surface area (Å²) in [6.45, 7) is 2.11. The molecule has 0 fully saturated rings. The summed E-state index contributed by atoms with van der Waals surface area (Å²) in [5.41, 5.74) is 2.39. The number of halogens is 1. The van der Waals surface area contributed by atoms with E-state index in [9.17, 15) is 0 Å². The highest BCUT2D eigenvalue weighted by Gasteiger charge is 2.16. The molecular weight excluding hydrogens is 350 g/mol. The summed E-state index contributed by atoms with van der Waals surface area (Å²) < 4.78 is 1.11. The highest BCUT2D eigenvalue weighted by atomic mass is 79.9. The average Bonchev–Trinajstić information content (AvgIpc) is 3.08. The van der Waals surface area contributed by atoms with E-state index < -0.39 is 0 Å². The van der Waals surface area contributed by atoms with E-state index in [1.165, 1.54) is 15.3 Å². The molecule has 0 saturated heterocycles. The zero-order chi connectivity index (χ0) is 13.9. The molecule has 0 amide bonds. The molecule has 0 atom stereocenters. The maximum Gasteiger partial charge on any atom is 0.0953 e. The van der Waals surface area contributed by atoms with E-state index in [0.717, 1.165) is 10.2 Å². The molecule has 1 aromatic carbocycles. The number of rotatable bonds is 4. The number of hydrogen-bond donors (Lipinski definition) is 1. The second-order valence-electron chi connectivity index (χ2n) is 4.63. The fourth-order valence-corrected chi connectivity index (χ4v) is 4.45. The van der Waals surface area contributed by atoms with Gasteiger partial charge in [-0.2, -0.15) is 0 Å². The van der Waals surface area contributed by atoms with Gasteiger partial charge in [-0.15, -0.1) is 22.7 Å². The van der Waals surface area contributed by atoms with Crippen LogP contribution in [-0.2, 0) is 0 Å². The van der Waals surface area contributed by atoms with Gasteiger partial charge in [-0.25, -0.2) is 0 Å². The maximum absolute atomic E-state index is 3.66. The van der Waals surface area contributed by atoms with Gasteiger partial charge in [-0.05, 0) is 53.6 Å². The Labute approximate surface area is 135 Å². The molecule has 0 unspecified atom stereocenters. The Kier molecular flexibility index (Phi) is 4.24. The Morgan fingerprint density at radius 3 is 2.15 bits per heavy atom. The van der Waals surface area contributed by atoms with Crippen molar-refractivity contribution < 1.29 is 0 Å². The quantitative estimate of drug-likeness (QED) is 0.591. The lowest BCUT2D eigenvalue weighted by Gasteiger charge is -2.18. The Hall–Kier alpha value is -1.10. The van der Waals surface area contributed by atoms with Crippen LogP contribution in [0.2, 0.25) is 0 Å². The molecule has 2 heterocycles. The molecule has 0 aliphatic carbocycles. The highest BCUT2D eigenvalue weighted by molar-refractivity contribution is 9.10. The molecule has 2 aromatic heterocycles. The van der Waals surface area contributed by atoms with E-state index in [1.807, 2.05) is 0 Å². The lowest BCUT2D eigenvalue weighted by Crippen LogP contribution is -2.09. The van der Waals surface area contributed by atoms with Crippen LogP contribution in [0.1, 0.15) is 21.4 Å². The molecule has 1 nitrogen and oxygen atoms in total. The summed E-state index contributed by atoms with van der Waals surface area (Å²) in [5, 5.41) is 7.91. The average molecular weight is 364 g/mol. The van der Waals surface area contributed by atoms with Crippen molar-refractivity contribution in [1.82, 2.24) is 0 Å². The van der Waals surface area contributed by atoms with Gasteiger partial charge in [0.05, 0.1) is 6.04 Å². The number of thiophene rings is 2. The Morgan fingerprint density at radius 1 is 1.00 bits per heavy atom. The molecule has 0 spiro atoms. The fraction of sp³-hybridized carbons (Fsp3) is 0.125. The maximum atomic E-state index is 3.66. The van der Waals surface area contributed by atoms with Crippen LogP contribution >= 0.6 is 38.6 Å². The van der Waals surface area contributed by atoms with Crippen LogP contribution in [0.4, 0.5) is 5.69 Å². The SMILES string of the molecule is Cc1cc(Br)cc(NC(c2cccs2)c2cccs2)c1. The topological polar surface area (TPSA) is 12.0 Å². The van der Waals surface area contributed by atoms with Crippen LogP contribution in [0.25, 0.3) is 0 Å². The van der Waals surface area contributed by atoms with Gasteiger partial charge in [0.25, 0.3) is 0 Å². The van der Waals surface area contributed by atoms with Crippen molar-refractivity contribution in [3.05, 3.63) is 73.0 Å². The third-order valence-corrected chi connectivity index (χ3v) is 5.34. The molecular formula is C16H14BrNS2. The van der Waals surface area contributed by atoms with Crippen LogP contribution in [0.3, 0.4) is 0 Å². The first kappa shape index (κ1) is 13.9. The van der Waals surface area contributed by atoms with Crippen molar-refractivity contribution in [3.8, 4) is 0 Å². The van der Waals surface area contributed by atoms with Gasteiger partial charge in [-0.1, -0.05) is 28.1 Å². The van der Waals surface area contributed by atoms with Gasteiger partial charge in [0.1, 0.15) is 0 Å². The molecule has 0 aliphatic rings. The first-order valence-corrected chi connectivity index (χ1v) is 8.88. The molecule has 1 N–H and O–H groups in total. The molecule has 0 radical (unpaired) electrons. The van der Waals surface area contributed by atoms with E-state index in [4.69, 9.17) is 0 Å². The number of hydrogen-bond acceptors (Lipinski definition) is 3. The molecule has 4 heteroatoms. The van der Waals surface area contributed by atoms with Crippen molar-refractivity contribution in [1.29, 1.82) is 0 Å². The van der Waals surface area contributed by atoms with Gasteiger partial charge in [-0.3, -0.25) is 0 Å². The number of anilines is 1. The number of nitrogens with one attached hydrogen (secondary N) is 1. The Balaban J connectivity index is 1.94. The third-order valence-electron chi connectivity index (χ3n) is 3.01. The van der Waals surface area contributed by atoms with Crippen molar-refractivity contribution >= 4 is 44.3 Å². The molecule has 20 heavy (non-hydrogen) atoms. The van der Waals surface area contributed by atoms with Crippen molar-refractivity contribution in [3.63, 3.8) is 0 Å². The van der Waals surface area contributed by atoms with Crippen LogP contribution < -0.4 is 5.32 Å². The number of aryl methyl sites for hydroxylation is 1. The van der Waals surface area contributed by atoms with Crippen LogP contribution in [0, 0.1) is 6.92 Å². The summed E-state index contributed by atoms with van der Waals surface area (Å²) in [7, 11) is 0. The number of benzene rings is 1. The summed E-state index contributed by atoms with van der Waals surface area (Å²) >= 11 is 7.14. The lowest BCUT2D eigenvalue weighted by atomic mass is 10.1. The molecule has 102 valence electrons. The fourth-order valence-electron chi connectivity index (χ4n) is 2.18. The van der Waals surface area contributed by atoms with Gasteiger partial charge >= 0.3 is 0 Å². The monoisotopic (exact) mass is 363 g/mol. The van der Waals surface area contributed by atoms with Gasteiger partial charge < -0.3 is 5.32 Å². The zero-order valence-corrected chi connectivity index (χ0v) is 14.2. The first-order chi connectivity index (χ1) is 9.72. The first-order valence-electron chi connectivity index (χ1n) is 6.33. The van der Waals surface area contributed by atoms with Gasteiger partial charge in [0, 0.05) is 19.9 Å². The van der Waals surface area contributed by atoms with Crippen LogP contribution in [0.15, 0.2) is 57.7 Å². The van der Waals surface area contributed by atoms with Crippen LogP contribution in [0.5, 0.6) is 0 Å². The lowest BCUT2D eigenvalue weighted by molar-refractivity contribution is 0.992. The van der Waals surface area contributed by atoms with E-state index in [-0.39, 0.29) is 6.04 Å². The smallest absolute Gasteiger partial charge is 0.0953 e. The molecule has 0 aliphatic heterocycles. The highest BCUT2D eigenvalue weighted by Crippen LogP contribution is 2.33. The van der Waals surface area contributed by atoms with Gasteiger partial charge in [0.2, 0.25) is 0 Å². The molecule has 3 aromatic rings. The summed E-state index contributed by atoms with van der Waals surface area (Å²) in [6.07, 6.45) is 0. The minimum atomic E-state index is 0.226. The predicted molar refractivity (Wildman–Crippen MR) is 93.0 cm³/mol. The minimum absolute atomic E-state index is 0.226. The van der Waals surface area contributed by atoms with Crippen molar-refractivity contribution in [2.24, 2.45) is 0 Å². The summed E-state index contributed by atoms with van der Waals surface area (Å²) in [4.78, 5) is 2.68. The third kappa shape index (κ3) is 3.14. The Bertz CT molecular complexity index is 620. The molecule has 3 rings (SSSR count). The van der Waals surface area contributed by atoms with Crippen molar-refractivity contribution in [2.75, 3.05) is 5.32 Å². The second kappa shape index (κ2) is 6.12. The largest absolute Gasteiger partial charge is 0.373 e. The standard InChI is InChI=1S/C16H14BrNS2/c1-11-8-12(17)10-13(9-11)18-16(14-4-2-6-19-14)15-5-3-7-20-15/h2-10,16,18H,1H3.